The number of hydrogen-bond acceptors (Lipinski definition) is 3. The Bertz CT molecular complexity index is 733. The van der Waals surface area contributed by atoms with E-state index in [0.29, 0.717) is 13.0 Å². The highest BCUT2D eigenvalue weighted by Gasteiger charge is 2.25. The second-order valence-corrected chi connectivity index (χ2v) is 6.70. The summed E-state index contributed by atoms with van der Waals surface area (Å²) < 4.78 is 0. The minimum Gasteiger partial charge on any atom is -0.347 e. The van der Waals surface area contributed by atoms with Crippen molar-refractivity contribution in [1.29, 1.82) is 0 Å². The Morgan fingerprint density at radius 3 is 2.23 bits per heavy atom. The van der Waals surface area contributed by atoms with Crippen LogP contribution >= 0.6 is 0 Å². The van der Waals surface area contributed by atoms with Crippen LogP contribution in [0.25, 0.3) is 0 Å². The van der Waals surface area contributed by atoms with Gasteiger partial charge in [-0.3, -0.25) is 9.59 Å². The van der Waals surface area contributed by atoms with Crippen molar-refractivity contribution in [2.45, 2.75) is 31.3 Å². The molecule has 0 aliphatic carbocycles. The maximum atomic E-state index is 12.6. The third-order valence-corrected chi connectivity index (χ3v) is 4.74. The second-order valence-electron chi connectivity index (χ2n) is 6.70. The fourth-order valence-corrected chi connectivity index (χ4v) is 3.31. The predicted molar refractivity (Wildman–Crippen MR) is 101 cm³/mol. The largest absolute Gasteiger partial charge is 0.347 e. The first-order valence-corrected chi connectivity index (χ1v) is 9.06. The Morgan fingerprint density at radius 1 is 1.04 bits per heavy atom. The lowest BCUT2D eigenvalue weighted by Crippen LogP contribution is -2.39. The van der Waals surface area contributed by atoms with E-state index in [-0.39, 0.29) is 30.3 Å². The molecule has 0 bridgehead atoms. The van der Waals surface area contributed by atoms with Crippen molar-refractivity contribution < 1.29 is 9.59 Å². The molecule has 26 heavy (non-hydrogen) atoms. The first-order valence-electron chi connectivity index (χ1n) is 9.06. The van der Waals surface area contributed by atoms with E-state index in [9.17, 15) is 9.59 Å². The predicted octanol–water partition coefficient (Wildman–Crippen LogP) is 2.56. The highest BCUT2D eigenvalue weighted by molar-refractivity contribution is 5.79. The van der Waals surface area contributed by atoms with Crippen LogP contribution in [0.1, 0.15) is 42.5 Å². The third kappa shape index (κ3) is 4.70. The van der Waals surface area contributed by atoms with E-state index < -0.39 is 0 Å². The van der Waals surface area contributed by atoms with Crippen LogP contribution in [0.3, 0.4) is 0 Å². The number of carbonyl (C=O) groups is 2. The summed E-state index contributed by atoms with van der Waals surface area (Å²) in [6, 6.07) is 18.8. The van der Waals surface area contributed by atoms with Crippen LogP contribution in [-0.4, -0.2) is 29.8 Å². The molecule has 3 rings (SSSR count). The molecule has 1 heterocycles. The minimum atomic E-state index is -0.346. The Hall–Kier alpha value is -2.66. The molecule has 0 aromatic heterocycles. The number of nitrogens with two attached hydrogens (primary N) is 1. The molecule has 2 atom stereocenters. The van der Waals surface area contributed by atoms with Gasteiger partial charge >= 0.3 is 0 Å². The van der Waals surface area contributed by atoms with E-state index in [2.05, 4.69) is 5.32 Å². The van der Waals surface area contributed by atoms with Gasteiger partial charge in [-0.05, 0) is 17.5 Å². The molecule has 1 aliphatic heterocycles. The topological polar surface area (TPSA) is 75.4 Å². The van der Waals surface area contributed by atoms with Gasteiger partial charge in [0.25, 0.3) is 0 Å². The summed E-state index contributed by atoms with van der Waals surface area (Å²) in [7, 11) is 0. The quantitative estimate of drug-likeness (QED) is 0.805. The Morgan fingerprint density at radius 2 is 1.65 bits per heavy atom. The molecule has 2 unspecified atom stereocenters. The number of hydrogen-bond donors (Lipinski definition) is 2. The van der Waals surface area contributed by atoms with Crippen molar-refractivity contribution in [1.82, 2.24) is 10.2 Å². The fourth-order valence-electron chi connectivity index (χ4n) is 3.31. The maximum absolute atomic E-state index is 12.6. The molecule has 5 nitrogen and oxygen atoms in total. The van der Waals surface area contributed by atoms with Gasteiger partial charge in [0.15, 0.2) is 0 Å². The van der Waals surface area contributed by atoms with E-state index in [1.165, 1.54) is 0 Å². The van der Waals surface area contributed by atoms with E-state index in [1.807, 2.05) is 65.6 Å². The van der Waals surface area contributed by atoms with E-state index in [1.54, 1.807) is 0 Å². The normalized spacial score (nSPS) is 16.3. The van der Waals surface area contributed by atoms with Crippen LogP contribution in [0.5, 0.6) is 0 Å². The summed E-state index contributed by atoms with van der Waals surface area (Å²) in [6.45, 7) is 1.25. The molecule has 0 saturated carbocycles. The lowest BCUT2D eigenvalue weighted by atomic mass is 10.0. The first kappa shape index (κ1) is 18.1. The van der Waals surface area contributed by atoms with Gasteiger partial charge in [0.05, 0.1) is 6.04 Å². The Labute approximate surface area is 154 Å². The lowest BCUT2D eigenvalue weighted by molar-refractivity contribution is -0.129. The van der Waals surface area contributed by atoms with Crippen molar-refractivity contribution in [3.63, 3.8) is 0 Å². The number of amides is 2. The zero-order chi connectivity index (χ0) is 18.4. The molecule has 1 aliphatic rings. The zero-order valence-corrected chi connectivity index (χ0v) is 14.8. The Kier molecular flexibility index (Phi) is 6.02. The van der Waals surface area contributed by atoms with Crippen LogP contribution < -0.4 is 11.1 Å². The first-order chi connectivity index (χ1) is 12.6. The number of rotatable bonds is 7. The maximum Gasteiger partial charge on any atom is 0.222 e. The molecule has 5 heteroatoms. The molecule has 2 amide bonds. The number of nitrogens with one attached hydrogen (secondary N) is 1. The van der Waals surface area contributed by atoms with Gasteiger partial charge in [-0.25, -0.2) is 0 Å². The van der Waals surface area contributed by atoms with Gasteiger partial charge in [0.2, 0.25) is 11.8 Å². The molecule has 0 spiro atoms. The van der Waals surface area contributed by atoms with Crippen molar-refractivity contribution in [3.8, 4) is 0 Å². The zero-order valence-electron chi connectivity index (χ0n) is 14.8. The summed E-state index contributed by atoms with van der Waals surface area (Å²) in [5.41, 5.74) is 8.10. The monoisotopic (exact) mass is 351 g/mol. The summed E-state index contributed by atoms with van der Waals surface area (Å²) in [5.74, 6) is 0.0445. The van der Waals surface area contributed by atoms with Gasteiger partial charge < -0.3 is 16.0 Å². The van der Waals surface area contributed by atoms with Crippen LogP contribution in [0.2, 0.25) is 0 Å². The van der Waals surface area contributed by atoms with Crippen molar-refractivity contribution >= 4 is 11.8 Å². The molecular weight excluding hydrogens is 326 g/mol. The van der Waals surface area contributed by atoms with Crippen LogP contribution in [0.15, 0.2) is 60.7 Å². The molecular formula is C21H25N3O2. The summed E-state index contributed by atoms with van der Waals surface area (Å²) in [6.07, 6.45) is 1.68. The van der Waals surface area contributed by atoms with Gasteiger partial charge in [-0.15, -0.1) is 0 Å². The molecule has 3 N–H and O–H groups in total. The molecule has 136 valence electrons. The molecule has 2 aromatic rings. The number of benzene rings is 2. The molecule has 1 saturated heterocycles. The summed E-state index contributed by atoms with van der Waals surface area (Å²) in [4.78, 5) is 26.4. The minimum absolute atomic E-state index is 0.109. The van der Waals surface area contributed by atoms with E-state index in [4.69, 9.17) is 5.73 Å². The number of likely N-dealkylation sites (tertiary alicyclic amines) is 1. The smallest absolute Gasteiger partial charge is 0.222 e. The van der Waals surface area contributed by atoms with Crippen molar-refractivity contribution in [2.75, 3.05) is 13.1 Å². The third-order valence-electron chi connectivity index (χ3n) is 4.74. The Balaban J connectivity index is 1.66. The van der Waals surface area contributed by atoms with Gasteiger partial charge in [-0.1, -0.05) is 60.7 Å². The van der Waals surface area contributed by atoms with Crippen LogP contribution in [0, 0.1) is 0 Å². The highest BCUT2D eigenvalue weighted by Crippen LogP contribution is 2.20. The molecule has 2 aromatic carbocycles. The van der Waals surface area contributed by atoms with Gasteiger partial charge in [0.1, 0.15) is 0 Å². The van der Waals surface area contributed by atoms with Crippen LogP contribution in [-0.2, 0) is 9.59 Å². The number of carbonyl (C=O) groups excluding carboxylic acids is 2. The molecule has 0 radical (unpaired) electrons. The lowest BCUT2D eigenvalue weighted by Gasteiger charge is -2.26. The average molecular weight is 351 g/mol. The number of nitrogens with zero attached hydrogens (tertiary/aromatic N) is 1. The van der Waals surface area contributed by atoms with Crippen molar-refractivity contribution in [3.05, 3.63) is 71.8 Å². The van der Waals surface area contributed by atoms with E-state index >= 15 is 0 Å². The fraction of sp³-hybridized carbons (Fsp3) is 0.333. The van der Waals surface area contributed by atoms with Crippen LogP contribution in [0.4, 0.5) is 0 Å². The van der Waals surface area contributed by atoms with Crippen molar-refractivity contribution in [2.24, 2.45) is 5.73 Å². The standard InChI is InChI=1S/C21H25N3O2/c22-18(16-8-3-1-4-9-16)14-20(25)23-19(17-10-5-2-6-11-17)15-24-13-7-12-21(24)26/h1-6,8-11,18-19H,7,12-15,22H2,(H,23,25). The van der Waals surface area contributed by atoms with Gasteiger partial charge in [0, 0.05) is 32.0 Å². The molecule has 1 fully saturated rings. The SMILES string of the molecule is NC(CC(=O)NC(CN1CCCC1=O)c1ccccc1)c1ccccc1. The highest BCUT2D eigenvalue weighted by atomic mass is 16.2. The van der Waals surface area contributed by atoms with E-state index in [0.717, 1.165) is 24.1 Å². The summed E-state index contributed by atoms with van der Waals surface area (Å²) in [5, 5.41) is 3.07. The second kappa shape index (κ2) is 8.63. The van der Waals surface area contributed by atoms with Gasteiger partial charge in [-0.2, -0.15) is 0 Å². The average Bonchev–Trinajstić information content (AvgIpc) is 3.07. The summed E-state index contributed by atoms with van der Waals surface area (Å²) >= 11 is 0.